The average molecular weight is 261 g/mol. The summed E-state index contributed by atoms with van der Waals surface area (Å²) in [4.78, 5) is 23.4. The van der Waals surface area contributed by atoms with Gasteiger partial charge in [-0.15, -0.1) is 0 Å². The average Bonchev–Trinajstić information content (AvgIpc) is 2.58. The highest BCUT2D eigenvalue weighted by molar-refractivity contribution is 6.01. The van der Waals surface area contributed by atoms with E-state index in [0.29, 0.717) is 16.9 Å². The summed E-state index contributed by atoms with van der Waals surface area (Å²) < 4.78 is 4.84. The number of rotatable bonds is 2. The van der Waals surface area contributed by atoms with Gasteiger partial charge in [-0.1, -0.05) is 12.1 Å². The van der Waals surface area contributed by atoms with Crippen molar-refractivity contribution in [2.45, 2.75) is 6.92 Å². The van der Waals surface area contributed by atoms with Crippen LogP contribution in [-0.2, 0) is 9.53 Å². The number of para-hydroxylation sites is 1. The van der Waals surface area contributed by atoms with Gasteiger partial charge in [0.05, 0.1) is 30.1 Å². The van der Waals surface area contributed by atoms with E-state index >= 15 is 0 Å². The van der Waals surface area contributed by atoms with Gasteiger partial charge >= 0.3 is 5.97 Å². The summed E-state index contributed by atoms with van der Waals surface area (Å²) >= 11 is 0. The molecule has 0 atom stereocenters. The lowest BCUT2D eigenvalue weighted by atomic mass is 10.1. The fourth-order valence-corrected chi connectivity index (χ4v) is 1.76. The van der Waals surface area contributed by atoms with Crippen LogP contribution in [0.3, 0.4) is 0 Å². The van der Waals surface area contributed by atoms with Crippen LogP contribution in [0.15, 0.2) is 35.7 Å². The number of benzene rings is 1. The number of hydrogen-bond acceptors (Lipinski definition) is 5. The van der Waals surface area contributed by atoms with Crippen LogP contribution < -0.4 is 16.4 Å². The fourth-order valence-electron chi connectivity index (χ4n) is 1.76. The summed E-state index contributed by atoms with van der Waals surface area (Å²) in [6.45, 7) is 2.10. The highest BCUT2D eigenvalue weighted by Gasteiger charge is 2.20. The van der Waals surface area contributed by atoms with Crippen molar-refractivity contribution in [2.24, 2.45) is 5.73 Å². The first-order valence-electron chi connectivity index (χ1n) is 5.93. The monoisotopic (exact) mass is 261 g/mol. The van der Waals surface area contributed by atoms with E-state index in [2.05, 4.69) is 10.6 Å². The molecule has 0 aliphatic carbocycles. The molecule has 0 spiro atoms. The molecule has 100 valence electrons. The maximum absolute atomic E-state index is 11.8. The molecular weight excluding hydrogens is 246 g/mol. The summed E-state index contributed by atoms with van der Waals surface area (Å²) in [6, 6.07) is 7.01. The van der Waals surface area contributed by atoms with Crippen LogP contribution in [0.5, 0.6) is 0 Å². The van der Waals surface area contributed by atoms with E-state index in [1.54, 1.807) is 31.2 Å². The Morgan fingerprint density at radius 2 is 2.16 bits per heavy atom. The van der Waals surface area contributed by atoms with Gasteiger partial charge in [0, 0.05) is 0 Å². The number of nitrogens with two attached hydrogens (primary N) is 1. The fraction of sp³-hybridized carbons (Fsp3) is 0.231. The zero-order chi connectivity index (χ0) is 13.8. The molecule has 1 aliphatic rings. The second-order valence-corrected chi connectivity index (χ2v) is 3.97. The quantitative estimate of drug-likeness (QED) is 0.534. The highest BCUT2D eigenvalue weighted by atomic mass is 16.5. The lowest BCUT2D eigenvalue weighted by molar-refractivity contribution is -0.138. The number of carbonyl (C=O) groups excluding carboxylic acids is 2. The molecule has 0 radical (unpaired) electrons. The smallest absolute Gasteiger partial charge is 0.356 e. The van der Waals surface area contributed by atoms with Crippen LogP contribution in [0.25, 0.3) is 0 Å². The van der Waals surface area contributed by atoms with Gasteiger partial charge in [-0.05, 0) is 19.1 Å². The number of anilines is 1. The molecule has 0 saturated carbocycles. The molecule has 19 heavy (non-hydrogen) atoms. The van der Waals surface area contributed by atoms with Crippen molar-refractivity contribution < 1.29 is 14.3 Å². The minimum Gasteiger partial charge on any atom is -0.461 e. The molecule has 6 nitrogen and oxygen atoms in total. The Labute approximate surface area is 110 Å². The SMILES string of the molecule is CCOC(=O)C(N)=C1CNC(=O)c2ccccc2N1. The lowest BCUT2D eigenvalue weighted by Gasteiger charge is -2.11. The number of ether oxygens (including phenoxy) is 1. The minimum absolute atomic E-state index is 0.0288. The molecular formula is C13H15N3O3. The second-order valence-electron chi connectivity index (χ2n) is 3.97. The molecule has 0 fully saturated rings. The third kappa shape index (κ3) is 2.67. The Morgan fingerprint density at radius 1 is 1.42 bits per heavy atom. The standard InChI is InChI=1S/C13H15N3O3/c1-2-19-13(18)11(14)10-7-15-12(17)8-5-3-4-6-9(8)16-10/h3-6,16H,2,7,14H2,1H3,(H,15,17). The molecule has 0 unspecified atom stereocenters. The maximum Gasteiger partial charge on any atom is 0.356 e. The second kappa shape index (κ2) is 5.43. The van der Waals surface area contributed by atoms with Crippen LogP contribution in [0, 0.1) is 0 Å². The third-order valence-corrected chi connectivity index (χ3v) is 2.70. The number of amides is 1. The van der Waals surface area contributed by atoms with Crippen molar-refractivity contribution in [3.63, 3.8) is 0 Å². The number of nitrogens with one attached hydrogen (secondary N) is 2. The Hall–Kier alpha value is -2.50. The van der Waals surface area contributed by atoms with Crippen LogP contribution in [0.4, 0.5) is 5.69 Å². The normalized spacial score (nSPS) is 16.6. The van der Waals surface area contributed by atoms with E-state index in [-0.39, 0.29) is 24.8 Å². The van der Waals surface area contributed by atoms with Crippen LogP contribution in [0.1, 0.15) is 17.3 Å². The molecule has 1 heterocycles. The molecule has 2 rings (SSSR count). The van der Waals surface area contributed by atoms with E-state index in [9.17, 15) is 9.59 Å². The predicted octanol–water partition coefficient (Wildman–Crippen LogP) is 0.575. The van der Waals surface area contributed by atoms with Gasteiger partial charge in [0.25, 0.3) is 5.91 Å². The first-order chi connectivity index (χ1) is 9.13. The topological polar surface area (TPSA) is 93.4 Å². The van der Waals surface area contributed by atoms with Crippen LogP contribution in [0.2, 0.25) is 0 Å². The third-order valence-electron chi connectivity index (χ3n) is 2.70. The van der Waals surface area contributed by atoms with Crippen molar-refractivity contribution in [3.05, 3.63) is 41.2 Å². The van der Waals surface area contributed by atoms with Gasteiger partial charge < -0.3 is 21.1 Å². The molecule has 0 bridgehead atoms. The van der Waals surface area contributed by atoms with E-state index < -0.39 is 5.97 Å². The van der Waals surface area contributed by atoms with Crippen molar-refractivity contribution in [2.75, 3.05) is 18.5 Å². The number of hydrogen-bond donors (Lipinski definition) is 3. The Bertz CT molecular complexity index is 552. The number of carbonyl (C=O) groups is 2. The van der Waals surface area contributed by atoms with Gasteiger partial charge in [-0.25, -0.2) is 4.79 Å². The number of fused-ring (bicyclic) bond motifs is 1. The van der Waals surface area contributed by atoms with Crippen molar-refractivity contribution >= 4 is 17.6 Å². The first kappa shape index (κ1) is 12.9. The van der Waals surface area contributed by atoms with Crippen molar-refractivity contribution in [1.29, 1.82) is 0 Å². The molecule has 1 aliphatic heterocycles. The van der Waals surface area contributed by atoms with Crippen LogP contribution in [-0.4, -0.2) is 25.0 Å². The zero-order valence-electron chi connectivity index (χ0n) is 10.5. The van der Waals surface area contributed by atoms with Gasteiger partial charge in [0.2, 0.25) is 0 Å². The minimum atomic E-state index is -0.598. The first-order valence-corrected chi connectivity index (χ1v) is 5.93. The van der Waals surface area contributed by atoms with E-state index in [0.717, 1.165) is 0 Å². The summed E-state index contributed by atoms with van der Waals surface area (Å²) in [6.07, 6.45) is 0. The summed E-state index contributed by atoms with van der Waals surface area (Å²) in [5.74, 6) is -0.812. The van der Waals surface area contributed by atoms with Gasteiger partial charge in [-0.3, -0.25) is 4.79 Å². The molecule has 1 amide bonds. The molecule has 1 aromatic rings. The number of esters is 1. The van der Waals surface area contributed by atoms with Gasteiger partial charge in [-0.2, -0.15) is 0 Å². The van der Waals surface area contributed by atoms with Crippen molar-refractivity contribution in [1.82, 2.24) is 5.32 Å². The molecule has 6 heteroatoms. The van der Waals surface area contributed by atoms with E-state index in [4.69, 9.17) is 10.5 Å². The maximum atomic E-state index is 11.8. The van der Waals surface area contributed by atoms with Crippen molar-refractivity contribution in [3.8, 4) is 0 Å². The zero-order valence-corrected chi connectivity index (χ0v) is 10.5. The summed E-state index contributed by atoms with van der Waals surface area (Å²) in [5.41, 5.74) is 7.26. The molecule has 0 aromatic heterocycles. The predicted molar refractivity (Wildman–Crippen MR) is 70.2 cm³/mol. The van der Waals surface area contributed by atoms with E-state index in [1.807, 2.05) is 0 Å². The van der Waals surface area contributed by atoms with E-state index in [1.165, 1.54) is 0 Å². The Kier molecular flexibility index (Phi) is 3.70. The molecule has 4 N–H and O–H groups in total. The summed E-state index contributed by atoms with van der Waals surface area (Å²) in [7, 11) is 0. The molecule has 1 aromatic carbocycles. The molecule has 0 saturated heterocycles. The largest absolute Gasteiger partial charge is 0.461 e. The summed E-state index contributed by atoms with van der Waals surface area (Å²) in [5, 5.41) is 5.68. The Morgan fingerprint density at radius 3 is 2.89 bits per heavy atom. The lowest BCUT2D eigenvalue weighted by Crippen LogP contribution is -2.28. The van der Waals surface area contributed by atoms with Crippen LogP contribution >= 0.6 is 0 Å². The van der Waals surface area contributed by atoms with Gasteiger partial charge in [0.15, 0.2) is 0 Å². The van der Waals surface area contributed by atoms with Gasteiger partial charge in [0.1, 0.15) is 5.70 Å². The highest BCUT2D eigenvalue weighted by Crippen LogP contribution is 2.20. The Balaban J connectivity index is 2.35.